The average molecular weight is 294 g/mol. The molecule has 0 bridgehead atoms. The molecule has 3 heterocycles. The molecule has 1 aromatic heterocycles. The topological polar surface area (TPSA) is 74.9 Å². The van der Waals surface area contributed by atoms with Crippen molar-refractivity contribution in [3.63, 3.8) is 0 Å². The molecule has 1 amide bonds. The average Bonchev–Trinajstić information content (AvgIpc) is 3.13. The number of amides is 1. The van der Waals surface area contributed by atoms with Gasteiger partial charge >= 0.3 is 0 Å². The maximum atomic E-state index is 12.4. The summed E-state index contributed by atoms with van der Waals surface area (Å²) >= 11 is 0. The number of aliphatic imine (C=N–C) groups is 2. The first kappa shape index (κ1) is 12.8. The Bertz CT molecular complexity index is 860. The highest BCUT2D eigenvalue weighted by molar-refractivity contribution is 6.30. The highest BCUT2D eigenvalue weighted by Crippen LogP contribution is 2.16. The molecule has 2 aromatic rings. The number of benzene rings is 1. The van der Waals surface area contributed by atoms with Gasteiger partial charge in [0.25, 0.3) is 5.91 Å². The number of nitrogens with zero attached hydrogens (tertiary/aromatic N) is 5. The summed E-state index contributed by atoms with van der Waals surface area (Å²) in [6, 6.07) is 5.50. The van der Waals surface area contributed by atoms with Gasteiger partial charge in [0, 0.05) is 30.7 Å². The van der Waals surface area contributed by atoms with E-state index in [0.29, 0.717) is 11.4 Å². The van der Waals surface area contributed by atoms with Gasteiger partial charge in [-0.3, -0.25) is 14.5 Å². The predicted octanol–water partition coefficient (Wildman–Crippen LogP) is 0.900. The number of fused-ring (bicyclic) bond motifs is 2. The molecule has 0 fully saturated rings. The standard InChI is InChI=1S/C15H14N6O/c1-20-12-3-2-10(6-11(12)7-18-20)15(22)19-13-9-21-5-4-16-14(21)8-17-13/h2-3,6-9H,4-5H2,1H3,(H,19,22). The second-order valence-electron chi connectivity index (χ2n) is 5.20. The van der Waals surface area contributed by atoms with Gasteiger partial charge in [0.05, 0.1) is 24.5 Å². The fourth-order valence-electron chi connectivity index (χ4n) is 2.59. The molecule has 0 atom stereocenters. The Morgan fingerprint density at radius 1 is 1.36 bits per heavy atom. The number of hydrogen-bond acceptors (Lipinski definition) is 5. The minimum Gasteiger partial charge on any atom is -0.326 e. The Morgan fingerprint density at radius 3 is 3.18 bits per heavy atom. The van der Waals surface area contributed by atoms with Crippen LogP contribution in [0.2, 0.25) is 0 Å². The quantitative estimate of drug-likeness (QED) is 0.894. The Balaban J connectivity index is 1.56. The number of aryl methyl sites for hydroxylation is 1. The summed E-state index contributed by atoms with van der Waals surface area (Å²) in [4.78, 5) is 22.8. The lowest BCUT2D eigenvalue weighted by atomic mass is 10.1. The van der Waals surface area contributed by atoms with Crippen LogP contribution in [0.5, 0.6) is 0 Å². The normalized spacial score (nSPS) is 16.5. The molecule has 0 aliphatic carbocycles. The molecule has 7 nitrogen and oxygen atoms in total. The monoisotopic (exact) mass is 294 g/mol. The number of aromatic nitrogens is 2. The Morgan fingerprint density at radius 2 is 2.27 bits per heavy atom. The van der Waals surface area contributed by atoms with Gasteiger partial charge in [-0.25, -0.2) is 4.99 Å². The van der Waals surface area contributed by atoms with E-state index in [1.807, 2.05) is 30.3 Å². The van der Waals surface area contributed by atoms with Crippen LogP contribution in [0.1, 0.15) is 10.4 Å². The van der Waals surface area contributed by atoms with Crippen molar-refractivity contribution in [2.24, 2.45) is 17.0 Å². The Labute approximate surface area is 126 Å². The Kier molecular flexibility index (Phi) is 2.78. The maximum Gasteiger partial charge on any atom is 0.256 e. The number of carbonyl (C=O) groups is 1. The largest absolute Gasteiger partial charge is 0.326 e. The van der Waals surface area contributed by atoms with Gasteiger partial charge in [0.2, 0.25) is 0 Å². The minimum atomic E-state index is -0.186. The molecule has 0 spiro atoms. The molecule has 7 heteroatoms. The van der Waals surface area contributed by atoms with Crippen molar-refractivity contribution < 1.29 is 4.79 Å². The van der Waals surface area contributed by atoms with Gasteiger partial charge < -0.3 is 10.2 Å². The molecule has 4 rings (SSSR count). The number of amidine groups is 1. The Hall–Kier alpha value is -2.96. The molecule has 0 radical (unpaired) electrons. The molecule has 1 N–H and O–H groups in total. The van der Waals surface area contributed by atoms with Crippen molar-refractivity contribution in [2.45, 2.75) is 0 Å². The van der Waals surface area contributed by atoms with E-state index in [0.717, 1.165) is 29.8 Å². The lowest BCUT2D eigenvalue weighted by Crippen LogP contribution is -2.31. The fourth-order valence-corrected chi connectivity index (χ4v) is 2.59. The van der Waals surface area contributed by atoms with Crippen LogP contribution in [0.3, 0.4) is 0 Å². The van der Waals surface area contributed by atoms with Gasteiger partial charge in [-0.2, -0.15) is 5.10 Å². The lowest BCUT2D eigenvalue weighted by molar-refractivity contribution is 0.0965. The van der Waals surface area contributed by atoms with E-state index in [4.69, 9.17) is 0 Å². The van der Waals surface area contributed by atoms with Gasteiger partial charge in [-0.15, -0.1) is 0 Å². The number of rotatable bonds is 2. The molecule has 1 aromatic carbocycles. The zero-order valence-electron chi connectivity index (χ0n) is 12.0. The summed E-state index contributed by atoms with van der Waals surface area (Å²) in [6.45, 7) is 1.58. The smallest absolute Gasteiger partial charge is 0.256 e. The third-order valence-electron chi connectivity index (χ3n) is 3.76. The van der Waals surface area contributed by atoms with E-state index >= 15 is 0 Å². The first-order chi connectivity index (χ1) is 10.7. The molecule has 0 unspecified atom stereocenters. The van der Waals surface area contributed by atoms with Crippen LogP contribution in [-0.2, 0) is 7.05 Å². The number of nitrogens with one attached hydrogen (secondary N) is 1. The van der Waals surface area contributed by atoms with Crippen LogP contribution in [0.15, 0.2) is 46.4 Å². The van der Waals surface area contributed by atoms with Crippen LogP contribution in [0, 0.1) is 0 Å². The van der Waals surface area contributed by atoms with Crippen molar-refractivity contribution in [1.82, 2.24) is 20.0 Å². The van der Waals surface area contributed by atoms with E-state index in [1.165, 1.54) is 0 Å². The summed E-state index contributed by atoms with van der Waals surface area (Å²) in [5, 5.41) is 7.93. The third-order valence-corrected chi connectivity index (χ3v) is 3.76. The number of hydrogen-bond donors (Lipinski definition) is 1. The summed E-state index contributed by atoms with van der Waals surface area (Å²) in [7, 11) is 1.87. The van der Waals surface area contributed by atoms with Crippen molar-refractivity contribution in [1.29, 1.82) is 0 Å². The molecule has 22 heavy (non-hydrogen) atoms. The van der Waals surface area contributed by atoms with Gasteiger partial charge in [-0.1, -0.05) is 0 Å². The van der Waals surface area contributed by atoms with Crippen molar-refractivity contribution in [3.05, 3.63) is 42.0 Å². The van der Waals surface area contributed by atoms with Crippen LogP contribution < -0.4 is 5.32 Å². The van der Waals surface area contributed by atoms with Crippen molar-refractivity contribution in [3.8, 4) is 0 Å². The van der Waals surface area contributed by atoms with Crippen molar-refractivity contribution in [2.75, 3.05) is 13.1 Å². The number of carbonyl (C=O) groups excluding carboxylic acids is 1. The molecule has 0 saturated heterocycles. The van der Waals surface area contributed by atoms with E-state index in [2.05, 4.69) is 20.4 Å². The third kappa shape index (κ3) is 2.07. The summed E-state index contributed by atoms with van der Waals surface area (Å²) in [6.07, 6.45) is 5.23. The molecule has 110 valence electrons. The van der Waals surface area contributed by atoms with Crippen LogP contribution >= 0.6 is 0 Å². The summed E-state index contributed by atoms with van der Waals surface area (Å²) < 4.78 is 1.78. The van der Waals surface area contributed by atoms with Gasteiger partial charge in [0.15, 0.2) is 0 Å². The van der Waals surface area contributed by atoms with E-state index < -0.39 is 0 Å². The maximum absolute atomic E-state index is 12.4. The summed E-state index contributed by atoms with van der Waals surface area (Å²) in [5.74, 6) is 1.18. The minimum absolute atomic E-state index is 0.186. The molecule has 2 aliphatic rings. The van der Waals surface area contributed by atoms with Crippen LogP contribution in [0.4, 0.5) is 0 Å². The molecular formula is C15H14N6O. The summed E-state index contributed by atoms with van der Waals surface area (Å²) in [5.41, 5.74) is 1.57. The highest BCUT2D eigenvalue weighted by atomic mass is 16.1. The second-order valence-corrected chi connectivity index (χ2v) is 5.20. The predicted molar refractivity (Wildman–Crippen MR) is 83.8 cm³/mol. The zero-order valence-corrected chi connectivity index (χ0v) is 12.0. The van der Waals surface area contributed by atoms with Gasteiger partial charge in [0.1, 0.15) is 11.7 Å². The molecule has 0 saturated carbocycles. The van der Waals surface area contributed by atoms with Crippen molar-refractivity contribution >= 4 is 28.9 Å². The van der Waals surface area contributed by atoms with E-state index in [9.17, 15) is 4.79 Å². The SMILES string of the molecule is Cn1ncc2cc(C(=O)NC3=CN4CCN=C4C=N3)ccc21. The fraction of sp³-hybridized carbons (Fsp3) is 0.200. The van der Waals surface area contributed by atoms with Crippen LogP contribution in [0.25, 0.3) is 10.9 Å². The zero-order chi connectivity index (χ0) is 15.1. The molecule has 2 aliphatic heterocycles. The van der Waals surface area contributed by atoms with E-state index in [-0.39, 0.29) is 5.91 Å². The first-order valence-corrected chi connectivity index (χ1v) is 7.01. The first-order valence-electron chi connectivity index (χ1n) is 7.01. The van der Waals surface area contributed by atoms with Gasteiger partial charge in [-0.05, 0) is 18.2 Å². The lowest BCUT2D eigenvalue weighted by Gasteiger charge is -2.18. The second kappa shape index (κ2) is 4.80. The molecular weight excluding hydrogens is 280 g/mol. The van der Waals surface area contributed by atoms with Crippen LogP contribution in [-0.4, -0.2) is 45.7 Å². The van der Waals surface area contributed by atoms with E-state index in [1.54, 1.807) is 23.2 Å². The highest BCUT2D eigenvalue weighted by Gasteiger charge is 2.18.